The average molecular weight is 300 g/mol. The fourth-order valence-electron chi connectivity index (χ4n) is 4.08. The predicted octanol–water partition coefficient (Wildman–Crippen LogP) is 2.96. The molecule has 0 saturated heterocycles. The van der Waals surface area contributed by atoms with Crippen molar-refractivity contribution in [2.75, 3.05) is 6.79 Å². The summed E-state index contributed by atoms with van der Waals surface area (Å²) in [5, 5.41) is 4.34. The highest BCUT2D eigenvalue weighted by Gasteiger charge is 2.40. The van der Waals surface area contributed by atoms with Gasteiger partial charge < -0.3 is 9.47 Å². The fourth-order valence-corrected chi connectivity index (χ4v) is 4.08. The van der Waals surface area contributed by atoms with Gasteiger partial charge in [0.25, 0.3) is 5.91 Å². The maximum Gasteiger partial charge on any atom is 0.271 e. The molecular formula is C17H20N2O3. The molecule has 3 unspecified atom stereocenters. The van der Waals surface area contributed by atoms with Crippen LogP contribution in [0.15, 0.2) is 23.3 Å². The van der Waals surface area contributed by atoms with Crippen molar-refractivity contribution in [2.24, 2.45) is 22.9 Å². The van der Waals surface area contributed by atoms with Crippen LogP contribution < -0.4 is 14.9 Å². The summed E-state index contributed by atoms with van der Waals surface area (Å²) in [7, 11) is 0. The number of fused-ring (bicyclic) bond motifs is 3. The molecular weight excluding hydrogens is 280 g/mol. The summed E-state index contributed by atoms with van der Waals surface area (Å²) in [5.74, 6) is 3.29. The molecule has 1 aromatic rings. The number of carbonyl (C=O) groups excluding carboxylic acids is 1. The second-order valence-corrected chi connectivity index (χ2v) is 6.54. The zero-order chi connectivity index (χ0) is 15.1. The van der Waals surface area contributed by atoms with Gasteiger partial charge in [0.15, 0.2) is 11.5 Å². The molecule has 0 aromatic heterocycles. The number of nitrogens with one attached hydrogen (secondary N) is 1. The maximum absolute atomic E-state index is 12.2. The van der Waals surface area contributed by atoms with Crippen LogP contribution in [-0.4, -0.2) is 18.4 Å². The van der Waals surface area contributed by atoms with Gasteiger partial charge in [-0.05, 0) is 56.2 Å². The molecule has 2 fully saturated rings. The van der Waals surface area contributed by atoms with E-state index in [0.717, 1.165) is 17.5 Å². The first-order chi connectivity index (χ1) is 10.7. The molecule has 116 valence electrons. The Hall–Kier alpha value is -2.04. The summed E-state index contributed by atoms with van der Waals surface area (Å²) in [4.78, 5) is 12.2. The number of amides is 1. The van der Waals surface area contributed by atoms with Crippen LogP contribution in [0.4, 0.5) is 0 Å². The van der Waals surface area contributed by atoms with Crippen molar-refractivity contribution in [2.45, 2.75) is 32.6 Å². The van der Waals surface area contributed by atoms with Crippen LogP contribution in [-0.2, 0) is 0 Å². The van der Waals surface area contributed by atoms with E-state index in [0.29, 0.717) is 23.0 Å². The summed E-state index contributed by atoms with van der Waals surface area (Å²) in [6, 6.07) is 5.18. The number of hydrogen-bond donors (Lipinski definition) is 1. The Morgan fingerprint density at radius 1 is 1.23 bits per heavy atom. The van der Waals surface area contributed by atoms with E-state index in [-0.39, 0.29) is 12.7 Å². The minimum absolute atomic E-state index is 0.208. The summed E-state index contributed by atoms with van der Waals surface area (Å²) < 4.78 is 10.5. The first-order valence-corrected chi connectivity index (χ1v) is 7.95. The summed E-state index contributed by atoms with van der Waals surface area (Å²) in [5.41, 5.74) is 4.27. The van der Waals surface area contributed by atoms with Gasteiger partial charge in [-0.1, -0.05) is 6.42 Å². The number of hydrogen-bond acceptors (Lipinski definition) is 4. The number of benzene rings is 1. The summed E-state index contributed by atoms with van der Waals surface area (Å²) >= 11 is 0. The van der Waals surface area contributed by atoms with Gasteiger partial charge in [0.1, 0.15) is 0 Å². The molecule has 2 bridgehead atoms. The predicted molar refractivity (Wildman–Crippen MR) is 82.1 cm³/mol. The van der Waals surface area contributed by atoms with Crippen molar-refractivity contribution in [3.05, 3.63) is 23.8 Å². The van der Waals surface area contributed by atoms with Crippen molar-refractivity contribution in [1.29, 1.82) is 0 Å². The Balaban J connectivity index is 1.42. The van der Waals surface area contributed by atoms with Crippen LogP contribution in [0.5, 0.6) is 11.5 Å². The number of rotatable bonds is 3. The van der Waals surface area contributed by atoms with Gasteiger partial charge in [-0.2, -0.15) is 5.10 Å². The molecule has 3 aliphatic rings. The van der Waals surface area contributed by atoms with Crippen molar-refractivity contribution in [3.8, 4) is 11.5 Å². The lowest BCUT2D eigenvalue weighted by molar-refractivity contribution is 0.0954. The Labute approximate surface area is 129 Å². The topological polar surface area (TPSA) is 59.9 Å². The number of carbonyl (C=O) groups is 1. The monoisotopic (exact) mass is 300 g/mol. The number of nitrogens with zero attached hydrogens (tertiary/aromatic N) is 1. The van der Waals surface area contributed by atoms with Crippen molar-refractivity contribution in [3.63, 3.8) is 0 Å². The van der Waals surface area contributed by atoms with E-state index < -0.39 is 0 Å². The molecule has 0 radical (unpaired) electrons. The van der Waals surface area contributed by atoms with E-state index >= 15 is 0 Å². The smallest absolute Gasteiger partial charge is 0.271 e. The van der Waals surface area contributed by atoms with Crippen LogP contribution in [0.3, 0.4) is 0 Å². The molecule has 1 N–H and O–H groups in total. The lowest BCUT2D eigenvalue weighted by atomic mass is 9.86. The lowest BCUT2D eigenvalue weighted by Gasteiger charge is -2.21. The van der Waals surface area contributed by atoms with Crippen LogP contribution in [0, 0.1) is 17.8 Å². The number of hydrazone groups is 1. The second-order valence-electron chi connectivity index (χ2n) is 6.54. The van der Waals surface area contributed by atoms with Crippen molar-refractivity contribution in [1.82, 2.24) is 5.43 Å². The van der Waals surface area contributed by atoms with Gasteiger partial charge in [-0.15, -0.1) is 0 Å². The number of ether oxygens (including phenoxy) is 2. The van der Waals surface area contributed by atoms with E-state index in [1.54, 1.807) is 18.2 Å². The van der Waals surface area contributed by atoms with Gasteiger partial charge in [0.2, 0.25) is 6.79 Å². The maximum atomic E-state index is 12.2. The summed E-state index contributed by atoms with van der Waals surface area (Å²) in [6.07, 6.45) is 5.27. The molecule has 1 aromatic carbocycles. The molecule has 5 heteroatoms. The molecule has 3 atom stereocenters. The van der Waals surface area contributed by atoms with Crippen LogP contribution in [0.2, 0.25) is 0 Å². The molecule has 22 heavy (non-hydrogen) atoms. The third kappa shape index (κ3) is 2.34. The Morgan fingerprint density at radius 3 is 2.86 bits per heavy atom. The van der Waals surface area contributed by atoms with Crippen LogP contribution >= 0.6 is 0 Å². The van der Waals surface area contributed by atoms with Gasteiger partial charge >= 0.3 is 0 Å². The van der Waals surface area contributed by atoms with Crippen molar-refractivity contribution >= 4 is 11.6 Å². The average Bonchev–Trinajstić information content (AvgIpc) is 3.26. The third-order valence-corrected chi connectivity index (χ3v) is 5.24. The zero-order valence-electron chi connectivity index (χ0n) is 12.7. The van der Waals surface area contributed by atoms with E-state index in [4.69, 9.17) is 9.47 Å². The molecule has 5 nitrogen and oxygen atoms in total. The first-order valence-electron chi connectivity index (χ1n) is 7.95. The highest BCUT2D eigenvalue weighted by atomic mass is 16.7. The minimum Gasteiger partial charge on any atom is -0.454 e. The van der Waals surface area contributed by atoms with Gasteiger partial charge in [0, 0.05) is 17.2 Å². The molecule has 2 aliphatic carbocycles. The quantitative estimate of drug-likeness (QED) is 0.689. The SMILES string of the molecule is CC(=NNC(=O)c1ccc2c(c1)OCO2)C1CC2CCC1C2. The minimum atomic E-state index is -0.208. The zero-order valence-corrected chi connectivity index (χ0v) is 12.7. The van der Waals surface area contributed by atoms with E-state index in [1.165, 1.54) is 25.7 Å². The third-order valence-electron chi connectivity index (χ3n) is 5.24. The highest BCUT2D eigenvalue weighted by molar-refractivity contribution is 5.96. The molecule has 1 aliphatic heterocycles. The van der Waals surface area contributed by atoms with E-state index in [1.807, 2.05) is 6.92 Å². The fraction of sp³-hybridized carbons (Fsp3) is 0.529. The van der Waals surface area contributed by atoms with Gasteiger partial charge in [-0.3, -0.25) is 4.79 Å². The van der Waals surface area contributed by atoms with E-state index in [2.05, 4.69) is 10.5 Å². The van der Waals surface area contributed by atoms with E-state index in [9.17, 15) is 4.79 Å². The molecule has 1 heterocycles. The van der Waals surface area contributed by atoms with Gasteiger partial charge in [-0.25, -0.2) is 5.43 Å². The molecule has 4 rings (SSSR count). The Morgan fingerprint density at radius 2 is 2.09 bits per heavy atom. The highest BCUT2D eigenvalue weighted by Crippen LogP contribution is 2.48. The van der Waals surface area contributed by atoms with Crippen molar-refractivity contribution < 1.29 is 14.3 Å². The Kier molecular flexibility index (Phi) is 3.28. The normalized spacial score (nSPS) is 29.0. The van der Waals surface area contributed by atoms with Crippen LogP contribution in [0.1, 0.15) is 43.0 Å². The van der Waals surface area contributed by atoms with Crippen LogP contribution in [0.25, 0.3) is 0 Å². The summed E-state index contributed by atoms with van der Waals surface area (Å²) in [6.45, 7) is 2.24. The van der Waals surface area contributed by atoms with Gasteiger partial charge in [0.05, 0.1) is 0 Å². The largest absolute Gasteiger partial charge is 0.454 e. The first kappa shape index (κ1) is 13.6. The molecule has 1 amide bonds. The standard InChI is InChI=1S/C17H20N2O3/c1-10(14-7-11-2-3-12(14)6-11)18-19-17(20)13-4-5-15-16(8-13)22-9-21-15/h4-5,8,11-12,14H,2-3,6-7,9H2,1H3,(H,19,20). The molecule has 0 spiro atoms. The Bertz CT molecular complexity index is 641. The molecule has 2 saturated carbocycles. The second kappa shape index (κ2) is 5.30. The lowest BCUT2D eigenvalue weighted by Crippen LogP contribution is -2.24.